The SMILES string of the molecule is c1ccc(-n2c3cc(N(c4cccc(-c5cccc(-c6cccc7c6sc6ccccc67)c5)c4)c4cccc5c4-c4ccccc4C54c5ccccc5-c5ccccc54)ccc3c3ccc4sc5ccccc5c4c32)cc1. The lowest BCUT2D eigenvalue weighted by Gasteiger charge is -2.32. The van der Waals surface area contributed by atoms with E-state index >= 15 is 0 Å². The van der Waals surface area contributed by atoms with Gasteiger partial charge in [-0.15, -0.1) is 22.7 Å². The second-order valence-electron chi connectivity index (χ2n) is 20.6. The molecule has 0 unspecified atom stereocenters. The first-order valence-corrected chi connectivity index (χ1v) is 28.1. The van der Waals surface area contributed by atoms with Gasteiger partial charge < -0.3 is 9.47 Å². The van der Waals surface area contributed by atoms with Gasteiger partial charge in [0.2, 0.25) is 0 Å². The minimum Gasteiger partial charge on any atom is -0.310 e. The minimum atomic E-state index is -0.487. The monoisotopic (exact) mass is 1010 g/mol. The van der Waals surface area contributed by atoms with E-state index in [-0.39, 0.29) is 0 Å². The van der Waals surface area contributed by atoms with Gasteiger partial charge in [0.05, 0.1) is 22.1 Å². The Morgan fingerprint density at radius 1 is 0.338 bits per heavy atom. The van der Waals surface area contributed by atoms with Crippen LogP contribution in [0.15, 0.2) is 267 Å². The first kappa shape index (κ1) is 43.0. The van der Waals surface area contributed by atoms with Gasteiger partial charge in [0, 0.05) is 73.7 Å². The molecule has 358 valence electrons. The zero-order chi connectivity index (χ0) is 50.3. The van der Waals surface area contributed by atoms with Crippen molar-refractivity contribution in [3.63, 3.8) is 0 Å². The fourth-order valence-electron chi connectivity index (χ4n) is 13.7. The highest BCUT2D eigenvalue weighted by Crippen LogP contribution is 2.65. The van der Waals surface area contributed by atoms with Crippen LogP contribution < -0.4 is 4.90 Å². The molecule has 0 atom stereocenters. The van der Waals surface area contributed by atoms with Crippen LogP contribution in [0.3, 0.4) is 0 Å². The van der Waals surface area contributed by atoms with Crippen molar-refractivity contribution in [1.29, 1.82) is 0 Å². The largest absolute Gasteiger partial charge is 0.310 e. The quantitative estimate of drug-likeness (QED) is 0.161. The van der Waals surface area contributed by atoms with Crippen LogP contribution in [0.2, 0.25) is 0 Å². The summed E-state index contributed by atoms with van der Waals surface area (Å²) in [7, 11) is 0. The fourth-order valence-corrected chi connectivity index (χ4v) is 16.0. The van der Waals surface area contributed by atoms with E-state index in [0.717, 1.165) is 28.3 Å². The highest BCUT2D eigenvalue weighted by atomic mass is 32.1. The van der Waals surface area contributed by atoms with Crippen molar-refractivity contribution in [2.45, 2.75) is 5.41 Å². The molecule has 17 rings (SSSR count). The predicted octanol–water partition coefficient (Wildman–Crippen LogP) is 20.7. The van der Waals surface area contributed by atoms with Crippen molar-refractivity contribution < 1.29 is 0 Å². The van der Waals surface area contributed by atoms with E-state index < -0.39 is 5.41 Å². The van der Waals surface area contributed by atoms with Gasteiger partial charge in [0.1, 0.15) is 0 Å². The molecule has 1 spiro atoms. The van der Waals surface area contributed by atoms with Gasteiger partial charge in [-0.2, -0.15) is 0 Å². The Labute approximate surface area is 453 Å². The molecule has 2 aliphatic rings. The molecule has 0 saturated carbocycles. The smallest absolute Gasteiger partial charge is 0.0726 e. The van der Waals surface area contributed by atoms with Crippen molar-refractivity contribution in [2.24, 2.45) is 0 Å². The maximum Gasteiger partial charge on any atom is 0.0726 e. The van der Waals surface area contributed by atoms with Gasteiger partial charge in [0.15, 0.2) is 0 Å². The van der Waals surface area contributed by atoms with Gasteiger partial charge >= 0.3 is 0 Å². The summed E-state index contributed by atoms with van der Waals surface area (Å²) in [5.41, 5.74) is 21.6. The van der Waals surface area contributed by atoms with Crippen molar-refractivity contribution >= 4 is 102 Å². The summed E-state index contributed by atoms with van der Waals surface area (Å²) in [4.78, 5) is 2.55. The Balaban J connectivity index is 0.928. The summed E-state index contributed by atoms with van der Waals surface area (Å²) in [6.45, 7) is 0. The van der Waals surface area contributed by atoms with E-state index in [1.54, 1.807) is 0 Å². The lowest BCUT2D eigenvalue weighted by molar-refractivity contribution is 0.794. The van der Waals surface area contributed by atoms with Crippen LogP contribution in [0.1, 0.15) is 22.3 Å². The van der Waals surface area contributed by atoms with Crippen molar-refractivity contribution in [3.05, 3.63) is 289 Å². The molecule has 0 radical (unpaired) electrons. The predicted molar refractivity (Wildman–Crippen MR) is 328 cm³/mol. The summed E-state index contributed by atoms with van der Waals surface area (Å²) < 4.78 is 7.77. The van der Waals surface area contributed by atoms with Crippen LogP contribution in [0, 0.1) is 0 Å². The zero-order valence-corrected chi connectivity index (χ0v) is 43.2. The third-order valence-corrected chi connectivity index (χ3v) is 19.1. The third kappa shape index (κ3) is 6.00. The van der Waals surface area contributed by atoms with Gasteiger partial charge in [0.25, 0.3) is 0 Å². The fraction of sp³-hybridized carbons (Fsp3) is 0.0137. The topological polar surface area (TPSA) is 8.17 Å². The number of aromatic nitrogens is 1. The second-order valence-corrected chi connectivity index (χ2v) is 22.8. The molecule has 3 aromatic heterocycles. The molecule has 0 N–H and O–H groups in total. The first-order valence-electron chi connectivity index (χ1n) is 26.5. The van der Waals surface area contributed by atoms with Crippen LogP contribution in [-0.4, -0.2) is 4.57 Å². The Morgan fingerprint density at radius 3 is 1.71 bits per heavy atom. The Hall–Kier alpha value is -9.32. The Morgan fingerprint density at radius 2 is 0.909 bits per heavy atom. The molecular formula is C73H44N2S2. The second kappa shape index (κ2) is 16.3. The molecule has 0 fully saturated rings. The van der Waals surface area contributed by atoms with E-state index in [1.165, 1.54) is 123 Å². The van der Waals surface area contributed by atoms with Gasteiger partial charge in [-0.25, -0.2) is 0 Å². The molecule has 0 amide bonds. The van der Waals surface area contributed by atoms with Crippen molar-refractivity contribution in [3.8, 4) is 50.2 Å². The summed E-state index contributed by atoms with van der Waals surface area (Å²) in [5.74, 6) is 0. The van der Waals surface area contributed by atoms with Crippen LogP contribution in [0.25, 0.3) is 112 Å². The normalized spacial score (nSPS) is 13.0. The highest BCUT2D eigenvalue weighted by Gasteiger charge is 2.52. The average Bonchev–Trinajstić information content (AvgIpc) is 4.46. The summed E-state index contributed by atoms with van der Waals surface area (Å²) in [6, 6.07) is 100. The van der Waals surface area contributed by atoms with E-state index in [1.807, 2.05) is 22.7 Å². The molecule has 2 nitrogen and oxygen atoms in total. The molecule has 4 heteroatoms. The van der Waals surface area contributed by atoms with Gasteiger partial charge in [-0.1, -0.05) is 200 Å². The van der Waals surface area contributed by atoms with E-state index in [4.69, 9.17) is 0 Å². The molecule has 0 aliphatic heterocycles. The van der Waals surface area contributed by atoms with Crippen molar-refractivity contribution in [2.75, 3.05) is 4.90 Å². The lowest BCUT2D eigenvalue weighted by atomic mass is 9.70. The molecule has 15 aromatic rings. The van der Waals surface area contributed by atoms with Crippen LogP contribution in [0.4, 0.5) is 17.1 Å². The Bertz CT molecular complexity index is 4910. The van der Waals surface area contributed by atoms with E-state index in [2.05, 4.69) is 276 Å². The number of benzene rings is 12. The van der Waals surface area contributed by atoms with Crippen LogP contribution >= 0.6 is 22.7 Å². The summed E-state index contributed by atoms with van der Waals surface area (Å²) in [6.07, 6.45) is 0. The number of thiophene rings is 2. The van der Waals surface area contributed by atoms with Gasteiger partial charge in [-0.3, -0.25) is 0 Å². The number of nitrogens with zero attached hydrogens (tertiary/aromatic N) is 2. The molecule has 0 saturated heterocycles. The molecule has 3 heterocycles. The first-order chi connectivity index (χ1) is 38.2. The van der Waals surface area contributed by atoms with Crippen LogP contribution in [-0.2, 0) is 5.41 Å². The summed E-state index contributed by atoms with van der Waals surface area (Å²) in [5, 5.41) is 7.71. The maximum atomic E-state index is 2.55. The Kier molecular flexibility index (Phi) is 9.12. The van der Waals surface area contributed by atoms with Gasteiger partial charge in [-0.05, 0) is 128 Å². The third-order valence-electron chi connectivity index (χ3n) is 16.8. The van der Waals surface area contributed by atoms with E-state index in [0.29, 0.717) is 0 Å². The molecule has 2 aliphatic carbocycles. The number of anilines is 3. The van der Waals surface area contributed by atoms with E-state index in [9.17, 15) is 0 Å². The maximum absolute atomic E-state index is 2.55. The number of para-hydroxylation sites is 1. The molecular weight excluding hydrogens is 969 g/mol. The molecule has 77 heavy (non-hydrogen) atoms. The summed E-state index contributed by atoms with van der Waals surface area (Å²) >= 11 is 3.76. The highest BCUT2D eigenvalue weighted by molar-refractivity contribution is 7.26. The van der Waals surface area contributed by atoms with Crippen LogP contribution in [0.5, 0.6) is 0 Å². The average molecular weight is 1010 g/mol. The minimum absolute atomic E-state index is 0.487. The number of hydrogen-bond donors (Lipinski definition) is 0. The lowest BCUT2D eigenvalue weighted by Crippen LogP contribution is -2.26. The standard InChI is InChI=1S/C73H44N2S2/c1-2-21-48(22-3-1)75-65-44-50(38-39-54(65)56-40-41-68-70(71(56)75)59-28-8-13-37-67(59)76-68)74(49-23-15-19-46(43-49)45-18-14-20-47(42-45)51-29-16-30-57-55-26-7-12-36-66(55)77-72(51)57)64-35-17-34-63-69(64)58-27-6-11-33-62(58)73(63)60-31-9-4-24-52(60)53-25-5-10-32-61(53)73/h1-44H. The molecule has 12 aromatic carbocycles. The zero-order valence-electron chi connectivity index (χ0n) is 41.6. The number of fused-ring (bicyclic) bond motifs is 20. The number of rotatable bonds is 6. The van der Waals surface area contributed by atoms with Crippen molar-refractivity contribution in [1.82, 2.24) is 4.57 Å². The molecule has 0 bridgehead atoms. The number of hydrogen-bond acceptors (Lipinski definition) is 3.